The first kappa shape index (κ1) is 23.0. The number of unbranched alkanes of at least 4 members (excludes halogenated alkanes) is 1. The molecule has 0 saturated heterocycles. The number of ether oxygens (including phenoxy) is 1. The van der Waals surface area contributed by atoms with Gasteiger partial charge in [0.05, 0.1) is 6.61 Å². The number of hydrogen-bond acceptors (Lipinski definition) is 3. The summed E-state index contributed by atoms with van der Waals surface area (Å²) < 4.78 is 5.66. The van der Waals surface area contributed by atoms with E-state index in [0.717, 1.165) is 37.2 Å². The molecule has 0 spiro atoms. The molecular weight excluding hydrogens is 340 g/mol. The maximum absolute atomic E-state index is 12.5. The summed E-state index contributed by atoms with van der Waals surface area (Å²) in [6, 6.07) is 7.49. The van der Waals surface area contributed by atoms with Gasteiger partial charge in [-0.05, 0) is 42.4 Å². The van der Waals surface area contributed by atoms with Crippen LogP contribution in [-0.4, -0.2) is 31.0 Å². The van der Waals surface area contributed by atoms with E-state index >= 15 is 0 Å². The number of amides is 2. The molecule has 152 valence electrons. The van der Waals surface area contributed by atoms with Crippen LogP contribution < -0.4 is 15.4 Å². The molecule has 0 heterocycles. The maximum atomic E-state index is 12.5. The zero-order valence-corrected chi connectivity index (χ0v) is 17.5. The highest BCUT2D eigenvalue weighted by Gasteiger charge is 2.23. The van der Waals surface area contributed by atoms with E-state index in [4.69, 9.17) is 4.74 Å². The van der Waals surface area contributed by atoms with Gasteiger partial charge < -0.3 is 15.4 Å². The number of hydrogen-bond donors (Lipinski definition) is 2. The van der Waals surface area contributed by atoms with Gasteiger partial charge in [0, 0.05) is 13.0 Å². The highest BCUT2D eigenvalue weighted by Crippen LogP contribution is 2.13. The van der Waals surface area contributed by atoms with Crippen LogP contribution in [0.3, 0.4) is 0 Å². The summed E-state index contributed by atoms with van der Waals surface area (Å²) in [7, 11) is 0. The van der Waals surface area contributed by atoms with Crippen molar-refractivity contribution in [1.29, 1.82) is 0 Å². The molecule has 1 aromatic rings. The first-order valence-electron chi connectivity index (χ1n) is 10.1. The van der Waals surface area contributed by atoms with Gasteiger partial charge >= 0.3 is 0 Å². The van der Waals surface area contributed by atoms with Gasteiger partial charge in [-0.3, -0.25) is 9.59 Å². The van der Waals surface area contributed by atoms with Crippen LogP contribution in [-0.2, 0) is 16.0 Å². The Labute approximate surface area is 164 Å². The van der Waals surface area contributed by atoms with Crippen LogP contribution >= 0.6 is 0 Å². The number of nitrogens with one attached hydrogen (secondary N) is 2. The third-order valence-electron chi connectivity index (χ3n) is 4.26. The monoisotopic (exact) mass is 376 g/mol. The molecule has 0 bridgehead atoms. The van der Waals surface area contributed by atoms with E-state index in [0.29, 0.717) is 13.0 Å². The lowest BCUT2D eigenvalue weighted by Crippen LogP contribution is -2.50. The third-order valence-corrected chi connectivity index (χ3v) is 4.26. The minimum absolute atomic E-state index is 0.0423. The lowest BCUT2D eigenvalue weighted by Gasteiger charge is -2.22. The molecule has 0 radical (unpaired) electrons. The average molecular weight is 377 g/mol. The molecule has 5 nitrogen and oxygen atoms in total. The molecular formula is C22H36N2O3. The predicted molar refractivity (Wildman–Crippen MR) is 110 cm³/mol. The number of benzene rings is 1. The zero-order valence-electron chi connectivity index (χ0n) is 17.5. The molecule has 0 saturated carbocycles. The lowest BCUT2D eigenvalue weighted by molar-refractivity contribution is -0.130. The Morgan fingerprint density at radius 3 is 2.30 bits per heavy atom. The zero-order chi connectivity index (χ0) is 20.2. The Balaban J connectivity index is 2.43. The van der Waals surface area contributed by atoms with Gasteiger partial charge in [0.2, 0.25) is 11.8 Å². The number of rotatable bonds is 12. The van der Waals surface area contributed by atoms with Gasteiger partial charge in [-0.25, -0.2) is 0 Å². The second-order valence-corrected chi connectivity index (χ2v) is 7.77. The smallest absolute Gasteiger partial charge is 0.242 e. The van der Waals surface area contributed by atoms with Crippen molar-refractivity contribution in [3.63, 3.8) is 0 Å². The summed E-state index contributed by atoms with van der Waals surface area (Å²) in [6.07, 6.45) is 3.35. The van der Waals surface area contributed by atoms with Crippen LogP contribution in [0.4, 0.5) is 0 Å². The second-order valence-electron chi connectivity index (χ2n) is 7.77. The Hall–Kier alpha value is -2.04. The van der Waals surface area contributed by atoms with Crippen molar-refractivity contribution in [3.8, 4) is 5.75 Å². The molecule has 2 amide bonds. The Morgan fingerprint density at radius 1 is 1.07 bits per heavy atom. The van der Waals surface area contributed by atoms with Crippen LogP contribution in [0.25, 0.3) is 0 Å². The average Bonchev–Trinajstić information content (AvgIpc) is 2.60. The largest absolute Gasteiger partial charge is 0.494 e. The molecule has 0 fully saturated rings. The van der Waals surface area contributed by atoms with E-state index in [9.17, 15) is 9.59 Å². The van der Waals surface area contributed by atoms with Gasteiger partial charge in [-0.1, -0.05) is 53.2 Å². The van der Waals surface area contributed by atoms with Crippen LogP contribution in [0.1, 0.15) is 59.4 Å². The number of carbonyl (C=O) groups excluding carboxylic acids is 2. The fraction of sp³-hybridized carbons (Fsp3) is 0.636. The van der Waals surface area contributed by atoms with Gasteiger partial charge in [0.15, 0.2) is 0 Å². The van der Waals surface area contributed by atoms with Gasteiger partial charge in [-0.2, -0.15) is 0 Å². The van der Waals surface area contributed by atoms with Crippen LogP contribution in [0.2, 0.25) is 0 Å². The van der Waals surface area contributed by atoms with Crippen molar-refractivity contribution in [2.45, 2.75) is 66.3 Å². The molecule has 0 aliphatic heterocycles. The van der Waals surface area contributed by atoms with Crippen LogP contribution in [0.5, 0.6) is 5.75 Å². The fourth-order valence-corrected chi connectivity index (χ4v) is 2.66. The summed E-state index contributed by atoms with van der Waals surface area (Å²) in [4.78, 5) is 24.4. The topological polar surface area (TPSA) is 67.4 Å². The molecule has 1 unspecified atom stereocenters. The summed E-state index contributed by atoms with van der Waals surface area (Å²) in [5.41, 5.74) is 1.14. The molecule has 1 aromatic carbocycles. The Morgan fingerprint density at radius 2 is 1.74 bits per heavy atom. The van der Waals surface area contributed by atoms with Crippen molar-refractivity contribution < 1.29 is 14.3 Å². The number of carbonyl (C=O) groups is 2. The maximum Gasteiger partial charge on any atom is 0.242 e. The van der Waals surface area contributed by atoms with E-state index in [1.807, 2.05) is 52.0 Å². The first-order chi connectivity index (χ1) is 12.8. The second kappa shape index (κ2) is 12.4. The van der Waals surface area contributed by atoms with Crippen molar-refractivity contribution >= 4 is 11.8 Å². The van der Waals surface area contributed by atoms with Crippen LogP contribution in [0, 0.1) is 11.8 Å². The molecule has 0 aliphatic carbocycles. The minimum atomic E-state index is -0.495. The minimum Gasteiger partial charge on any atom is -0.494 e. The lowest BCUT2D eigenvalue weighted by atomic mass is 10.0. The molecule has 2 N–H and O–H groups in total. The molecule has 1 rings (SSSR count). The van der Waals surface area contributed by atoms with Crippen molar-refractivity contribution in [2.24, 2.45) is 11.8 Å². The highest BCUT2D eigenvalue weighted by atomic mass is 16.5. The summed E-state index contributed by atoms with van der Waals surface area (Å²) in [5, 5.41) is 5.80. The molecule has 0 aliphatic rings. The van der Waals surface area contributed by atoms with E-state index in [1.54, 1.807) is 0 Å². The van der Waals surface area contributed by atoms with E-state index in [1.165, 1.54) is 0 Å². The highest BCUT2D eigenvalue weighted by molar-refractivity contribution is 5.87. The van der Waals surface area contributed by atoms with E-state index in [-0.39, 0.29) is 23.7 Å². The SMILES string of the molecule is CCCCOc1ccc(CCNC(=O)C(NC(=O)CC(C)C)C(C)C)cc1. The third kappa shape index (κ3) is 9.45. The van der Waals surface area contributed by atoms with Gasteiger partial charge in [0.25, 0.3) is 0 Å². The normalized spacial score (nSPS) is 12.1. The fourth-order valence-electron chi connectivity index (χ4n) is 2.66. The first-order valence-corrected chi connectivity index (χ1v) is 10.1. The Bertz CT molecular complexity index is 567. The summed E-state index contributed by atoms with van der Waals surface area (Å²) in [5.74, 6) is 0.999. The molecule has 5 heteroatoms. The standard InChI is InChI=1S/C22H36N2O3/c1-6-7-14-27-19-10-8-18(9-11-19)12-13-23-22(26)21(17(4)5)24-20(25)15-16(2)3/h8-11,16-17,21H,6-7,12-15H2,1-5H3,(H,23,26)(H,24,25). The summed E-state index contributed by atoms with van der Waals surface area (Å²) in [6.45, 7) is 11.3. The Kier molecular flexibility index (Phi) is 10.5. The molecule has 27 heavy (non-hydrogen) atoms. The summed E-state index contributed by atoms with van der Waals surface area (Å²) >= 11 is 0. The predicted octanol–water partition coefficient (Wildman–Crippen LogP) is 3.71. The quantitative estimate of drug-likeness (QED) is 0.547. The van der Waals surface area contributed by atoms with Gasteiger partial charge in [0.1, 0.15) is 11.8 Å². The van der Waals surface area contributed by atoms with Gasteiger partial charge in [-0.15, -0.1) is 0 Å². The van der Waals surface area contributed by atoms with Crippen molar-refractivity contribution in [1.82, 2.24) is 10.6 Å². The molecule has 1 atom stereocenters. The van der Waals surface area contributed by atoms with E-state index in [2.05, 4.69) is 17.6 Å². The van der Waals surface area contributed by atoms with Crippen molar-refractivity contribution in [3.05, 3.63) is 29.8 Å². The van der Waals surface area contributed by atoms with E-state index < -0.39 is 6.04 Å². The van der Waals surface area contributed by atoms with Crippen molar-refractivity contribution in [2.75, 3.05) is 13.2 Å². The molecule has 0 aromatic heterocycles. The van der Waals surface area contributed by atoms with Crippen LogP contribution in [0.15, 0.2) is 24.3 Å².